The number of ether oxygens (including phenoxy) is 1. The number of nitrogens with zero attached hydrogens (tertiary/aromatic N) is 14. The number of amides is 1. The minimum Gasteiger partial charge on any atom is -0.444 e. The molecule has 2 unspecified atom stereocenters. The average molecular weight is 1150 g/mol. The summed E-state index contributed by atoms with van der Waals surface area (Å²) in [6.07, 6.45) is 13.4. The molecule has 84 heavy (non-hydrogen) atoms. The van der Waals surface area contributed by atoms with Gasteiger partial charge in [-0.3, -0.25) is 0 Å². The van der Waals surface area contributed by atoms with Crippen LogP contribution in [0.1, 0.15) is 153 Å². The summed E-state index contributed by atoms with van der Waals surface area (Å²) in [7, 11) is 0. The Morgan fingerprint density at radius 3 is 1.55 bits per heavy atom. The van der Waals surface area contributed by atoms with Gasteiger partial charge in [-0.2, -0.15) is 10.5 Å². The van der Waals surface area contributed by atoms with Crippen molar-refractivity contribution in [2.24, 2.45) is 0 Å². The van der Waals surface area contributed by atoms with Gasteiger partial charge in [0.15, 0.2) is 11.0 Å². The quantitative estimate of drug-likeness (QED) is 0.140. The molecule has 2 atom stereocenters. The second-order valence-electron chi connectivity index (χ2n) is 23.3. The molecule has 8 aromatic rings. The standard InChI is InChI=1S/C29H32N8O.C29H38N4O3.C5H3ClN4/c1-17-12-24-20(13-21(17)26-18(2)35-38-19(26)3)14-22(29(34-24)36-9-5-4-6-10-36)25-8-7-11-37(25)28-23(15-30)27(31)32-16-33-28;1-18-15-24-21(16-22(18)26-19(2)31-36-20(26)3)17-23(27(30-24)32-12-8-7-9-13-32)25-11-10-14-33(25)28(34)35-29(4,5)6;6-4-3(1-7)5(8)10-2-9-4/h12-14,16,25H,4-11H2,1-3H3,(H2,31,32,33);15-17,25H,7-14H2,1-6H3;2H,(H2,8,9,10). The van der Waals surface area contributed by atoms with E-state index in [-0.39, 0.29) is 40.5 Å². The van der Waals surface area contributed by atoms with Crippen LogP contribution in [-0.4, -0.2) is 96.1 Å². The molecule has 0 spiro atoms. The Morgan fingerprint density at radius 2 is 1.08 bits per heavy atom. The normalized spacial score (nSPS) is 17.1. The van der Waals surface area contributed by atoms with E-state index in [4.69, 9.17) is 52.1 Å². The molecule has 20 nitrogen and oxygen atoms in total. The highest BCUT2D eigenvalue weighted by molar-refractivity contribution is 6.30. The molecule has 21 heteroatoms. The largest absolute Gasteiger partial charge is 0.444 e. The minimum absolute atomic E-state index is 0.0362. The monoisotopic (exact) mass is 1150 g/mol. The Labute approximate surface area is 495 Å². The lowest BCUT2D eigenvalue weighted by Crippen LogP contribution is -2.37. The second kappa shape index (κ2) is 24.7. The molecule has 0 bridgehead atoms. The number of nitrogens with two attached hydrogens (primary N) is 2. The van der Waals surface area contributed by atoms with Crippen molar-refractivity contribution in [3.05, 3.63) is 110 Å². The Balaban J connectivity index is 0.000000161. The van der Waals surface area contributed by atoms with Crippen LogP contribution in [0.4, 0.5) is 33.9 Å². The van der Waals surface area contributed by atoms with Crippen molar-refractivity contribution in [1.29, 1.82) is 10.5 Å². The number of rotatable bonds is 7. The van der Waals surface area contributed by atoms with Gasteiger partial charge in [-0.1, -0.05) is 21.9 Å². The third-order valence-corrected chi connectivity index (χ3v) is 16.6. The van der Waals surface area contributed by atoms with E-state index < -0.39 is 5.60 Å². The minimum atomic E-state index is -0.525. The van der Waals surface area contributed by atoms with Gasteiger partial charge in [0, 0.05) is 72.3 Å². The molecule has 10 heterocycles. The predicted octanol–water partition coefficient (Wildman–Crippen LogP) is 12.9. The first kappa shape index (κ1) is 58.6. The van der Waals surface area contributed by atoms with E-state index in [1.807, 2.05) is 53.4 Å². The van der Waals surface area contributed by atoms with Gasteiger partial charge in [-0.15, -0.1) is 0 Å². The second-order valence-corrected chi connectivity index (χ2v) is 23.7. The van der Waals surface area contributed by atoms with Gasteiger partial charge in [0.2, 0.25) is 0 Å². The fourth-order valence-corrected chi connectivity index (χ4v) is 12.5. The van der Waals surface area contributed by atoms with Crippen molar-refractivity contribution in [1.82, 2.24) is 45.1 Å². The number of piperidine rings is 2. The van der Waals surface area contributed by atoms with Crippen LogP contribution < -0.4 is 26.2 Å². The number of pyridine rings is 2. The summed E-state index contributed by atoms with van der Waals surface area (Å²) in [6, 6.07) is 17.3. The summed E-state index contributed by atoms with van der Waals surface area (Å²) in [5.74, 6) is 4.63. The maximum absolute atomic E-state index is 13.2. The van der Waals surface area contributed by atoms with Gasteiger partial charge in [0.1, 0.15) is 76.3 Å². The number of likely N-dealkylation sites (tertiary alicyclic amines) is 1. The fraction of sp³-hybridized carbons (Fsp3) is 0.444. The van der Waals surface area contributed by atoms with E-state index in [9.17, 15) is 10.1 Å². The predicted molar refractivity (Wildman–Crippen MR) is 327 cm³/mol. The van der Waals surface area contributed by atoms with E-state index >= 15 is 0 Å². The summed E-state index contributed by atoms with van der Waals surface area (Å²) in [4.78, 5) is 48.4. The first-order valence-corrected chi connectivity index (χ1v) is 29.4. The molecule has 0 radical (unpaired) electrons. The Kier molecular flexibility index (Phi) is 17.2. The van der Waals surface area contributed by atoms with E-state index in [0.29, 0.717) is 17.9 Å². The zero-order chi connectivity index (χ0) is 59.6. The Hall–Kier alpha value is -8.62. The number of carbonyl (C=O) groups is 1. The van der Waals surface area contributed by atoms with E-state index in [0.717, 1.165) is 154 Å². The van der Waals surface area contributed by atoms with Crippen LogP contribution >= 0.6 is 11.6 Å². The number of nitrogen functional groups attached to an aromatic ring is 2. The number of benzene rings is 2. The van der Waals surface area contributed by atoms with Crippen molar-refractivity contribution in [2.75, 3.05) is 65.4 Å². The molecular formula is C63H73ClN16O4. The van der Waals surface area contributed by atoms with Crippen molar-refractivity contribution >= 4 is 68.6 Å². The molecule has 12 rings (SSSR count). The molecule has 0 aliphatic carbocycles. The molecule has 4 aliphatic rings. The van der Waals surface area contributed by atoms with Crippen LogP contribution in [-0.2, 0) is 4.74 Å². The summed E-state index contributed by atoms with van der Waals surface area (Å²) >= 11 is 5.48. The van der Waals surface area contributed by atoms with Gasteiger partial charge in [-0.05, 0) is 185 Å². The number of fused-ring (bicyclic) bond motifs is 2. The topological polar surface area (TPSA) is 268 Å². The number of hydrogen-bond acceptors (Lipinski definition) is 19. The lowest BCUT2D eigenvalue weighted by atomic mass is 9.95. The van der Waals surface area contributed by atoms with Crippen molar-refractivity contribution < 1.29 is 18.6 Å². The van der Waals surface area contributed by atoms with Crippen LogP contribution in [0.3, 0.4) is 0 Å². The maximum Gasteiger partial charge on any atom is 0.410 e. The number of hydrogen-bond donors (Lipinski definition) is 2. The third kappa shape index (κ3) is 12.1. The third-order valence-electron chi connectivity index (χ3n) is 16.3. The number of anilines is 5. The average Bonchev–Trinajstić information content (AvgIpc) is 3.03. The van der Waals surface area contributed by atoms with E-state index in [2.05, 4.69) is 101 Å². The van der Waals surface area contributed by atoms with Gasteiger partial charge in [-0.25, -0.2) is 34.7 Å². The number of halogens is 1. The molecule has 4 saturated heterocycles. The van der Waals surface area contributed by atoms with Crippen LogP contribution in [0.15, 0.2) is 58.1 Å². The number of nitriles is 2. The zero-order valence-electron chi connectivity index (χ0n) is 49.5. The summed E-state index contributed by atoms with van der Waals surface area (Å²) in [5.41, 5.74) is 23.9. The Bertz CT molecular complexity index is 3790. The summed E-state index contributed by atoms with van der Waals surface area (Å²) < 4.78 is 16.7. The molecule has 6 aromatic heterocycles. The van der Waals surface area contributed by atoms with Crippen LogP contribution in [0.5, 0.6) is 0 Å². The zero-order valence-corrected chi connectivity index (χ0v) is 50.3. The highest BCUT2D eigenvalue weighted by Crippen LogP contribution is 2.45. The molecule has 2 aromatic carbocycles. The van der Waals surface area contributed by atoms with Crippen LogP contribution in [0, 0.1) is 64.2 Å². The smallest absolute Gasteiger partial charge is 0.410 e. The number of aromatic nitrogens is 8. The lowest BCUT2D eigenvalue weighted by molar-refractivity contribution is 0.0224. The van der Waals surface area contributed by atoms with Gasteiger partial charge < -0.3 is 44.9 Å². The summed E-state index contributed by atoms with van der Waals surface area (Å²) in [5, 5.41) is 28.8. The SMILES string of the molecule is Cc1cc2nc(N3CCCCC3)c(C3CCCN3C(=O)OC(C)(C)C)cc2cc1-c1c(C)noc1C.Cc1cc2nc(N3CCCCC3)c(C3CCCN3c3ncnc(N)c3C#N)cc2cc1-c1c(C)noc1C.N#Cc1c(N)ncnc1Cl. The molecule has 436 valence electrons. The van der Waals surface area contributed by atoms with Gasteiger partial charge >= 0.3 is 6.09 Å². The first-order valence-electron chi connectivity index (χ1n) is 29.0. The highest BCUT2D eigenvalue weighted by Gasteiger charge is 2.37. The van der Waals surface area contributed by atoms with Gasteiger partial charge in [0.05, 0.1) is 34.5 Å². The Morgan fingerprint density at radius 1 is 0.607 bits per heavy atom. The van der Waals surface area contributed by atoms with E-state index in [1.165, 1.54) is 56.7 Å². The molecule has 1 amide bonds. The molecule has 4 fully saturated rings. The lowest BCUT2D eigenvalue weighted by Gasteiger charge is -2.34. The van der Waals surface area contributed by atoms with Crippen molar-refractivity contribution in [2.45, 2.75) is 144 Å². The number of aryl methyl sites for hydroxylation is 6. The first-order chi connectivity index (χ1) is 40.3. The highest BCUT2D eigenvalue weighted by atomic mass is 35.5. The fourth-order valence-electron chi connectivity index (χ4n) is 12.3. The summed E-state index contributed by atoms with van der Waals surface area (Å²) in [6.45, 7) is 23.4. The van der Waals surface area contributed by atoms with E-state index in [1.54, 1.807) is 6.07 Å². The maximum atomic E-state index is 13.2. The molecule has 0 saturated carbocycles. The molecule has 4 N–H and O–H groups in total. The van der Waals surface area contributed by atoms with Crippen molar-refractivity contribution in [3.8, 4) is 34.4 Å². The molecular weight excluding hydrogens is 1080 g/mol. The van der Waals surface area contributed by atoms with Crippen LogP contribution in [0.2, 0.25) is 5.15 Å². The molecule has 4 aliphatic heterocycles. The van der Waals surface area contributed by atoms with Gasteiger partial charge in [0.25, 0.3) is 0 Å². The number of carbonyl (C=O) groups excluding carboxylic acids is 1. The van der Waals surface area contributed by atoms with Crippen molar-refractivity contribution in [3.63, 3.8) is 0 Å². The van der Waals surface area contributed by atoms with Crippen LogP contribution in [0.25, 0.3) is 44.1 Å².